The molecule has 3 rings (SSSR count). The van der Waals surface area contributed by atoms with E-state index in [1.807, 2.05) is 37.2 Å². The van der Waals surface area contributed by atoms with E-state index in [-0.39, 0.29) is 5.56 Å². The summed E-state index contributed by atoms with van der Waals surface area (Å²) in [5.41, 5.74) is 0.795. The highest BCUT2D eigenvalue weighted by Gasteiger charge is 2.23. The van der Waals surface area contributed by atoms with Crippen molar-refractivity contribution in [1.29, 1.82) is 0 Å². The van der Waals surface area contributed by atoms with Gasteiger partial charge in [0.1, 0.15) is 11.6 Å². The van der Waals surface area contributed by atoms with Gasteiger partial charge in [-0.05, 0) is 38.4 Å². The van der Waals surface area contributed by atoms with Crippen LogP contribution in [-0.2, 0) is 0 Å². The van der Waals surface area contributed by atoms with Crippen LogP contribution in [0, 0.1) is 5.82 Å². The van der Waals surface area contributed by atoms with Crippen LogP contribution in [0.3, 0.4) is 0 Å². The molecule has 0 fully saturated rings. The molecule has 0 spiro atoms. The molecule has 26 heavy (non-hydrogen) atoms. The summed E-state index contributed by atoms with van der Waals surface area (Å²) in [6.07, 6.45) is 0. The van der Waals surface area contributed by atoms with Gasteiger partial charge in [0.15, 0.2) is 5.13 Å². The number of thiazole rings is 1. The zero-order valence-corrected chi connectivity index (χ0v) is 15.7. The lowest BCUT2D eigenvalue weighted by atomic mass is 10.2. The number of hydrogen-bond acceptors (Lipinski definition) is 5. The van der Waals surface area contributed by atoms with Crippen molar-refractivity contribution in [3.05, 3.63) is 53.8 Å². The molecule has 0 N–H and O–H groups in total. The SMILES string of the molecule is COc1ccc2sc(N(CCN(C)C)C(=O)c3ccccc3F)nc2c1. The van der Waals surface area contributed by atoms with Gasteiger partial charge in [-0.25, -0.2) is 9.37 Å². The third-order valence-corrected chi connectivity index (χ3v) is 4.99. The molecule has 0 saturated heterocycles. The van der Waals surface area contributed by atoms with E-state index in [1.165, 1.54) is 28.4 Å². The second-order valence-electron chi connectivity index (χ2n) is 6.07. The van der Waals surface area contributed by atoms with Crippen LogP contribution >= 0.6 is 11.3 Å². The number of anilines is 1. The maximum absolute atomic E-state index is 14.1. The lowest BCUT2D eigenvalue weighted by molar-refractivity contribution is 0.0981. The van der Waals surface area contributed by atoms with Gasteiger partial charge in [0, 0.05) is 19.2 Å². The molecule has 7 heteroatoms. The summed E-state index contributed by atoms with van der Waals surface area (Å²) in [6, 6.07) is 11.6. The van der Waals surface area contributed by atoms with Gasteiger partial charge in [0.25, 0.3) is 5.91 Å². The highest BCUT2D eigenvalue weighted by atomic mass is 32.1. The Morgan fingerprint density at radius 1 is 1.19 bits per heavy atom. The molecule has 2 aromatic carbocycles. The van der Waals surface area contributed by atoms with Gasteiger partial charge < -0.3 is 9.64 Å². The quantitative estimate of drug-likeness (QED) is 0.662. The summed E-state index contributed by atoms with van der Waals surface area (Å²) in [7, 11) is 5.45. The summed E-state index contributed by atoms with van der Waals surface area (Å²) in [6.45, 7) is 1.05. The fourth-order valence-electron chi connectivity index (χ4n) is 2.50. The highest BCUT2D eigenvalue weighted by molar-refractivity contribution is 7.22. The van der Waals surface area contributed by atoms with Crippen molar-refractivity contribution < 1.29 is 13.9 Å². The summed E-state index contributed by atoms with van der Waals surface area (Å²) in [5, 5.41) is 0.545. The Labute approximate surface area is 155 Å². The van der Waals surface area contributed by atoms with E-state index in [4.69, 9.17) is 4.74 Å². The fraction of sp³-hybridized carbons (Fsp3) is 0.263. The molecule has 1 amide bonds. The molecule has 0 saturated carbocycles. The van der Waals surface area contributed by atoms with E-state index in [0.29, 0.717) is 24.0 Å². The largest absolute Gasteiger partial charge is 0.497 e. The molecule has 0 aliphatic carbocycles. The number of fused-ring (bicyclic) bond motifs is 1. The zero-order chi connectivity index (χ0) is 18.7. The van der Waals surface area contributed by atoms with Crippen LogP contribution < -0.4 is 9.64 Å². The number of carbonyl (C=O) groups is 1. The maximum atomic E-state index is 14.1. The smallest absolute Gasteiger partial charge is 0.263 e. The van der Waals surface area contributed by atoms with Crippen LogP contribution in [0.25, 0.3) is 10.2 Å². The summed E-state index contributed by atoms with van der Waals surface area (Å²) in [5.74, 6) is -0.222. The molecule has 1 heterocycles. The first kappa shape index (κ1) is 18.3. The van der Waals surface area contributed by atoms with Crippen LogP contribution in [0.15, 0.2) is 42.5 Å². The number of ether oxygens (including phenoxy) is 1. The number of carbonyl (C=O) groups excluding carboxylic acids is 1. The van der Waals surface area contributed by atoms with Gasteiger partial charge in [-0.1, -0.05) is 23.5 Å². The minimum Gasteiger partial charge on any atom is -0.497 e. The lowest BCUT2D eigenvalue weighted by Gasteiger charge is -2.22. The van der Waals surface area contributed by atoms with E-state index in [9.17, 15) is 9.18 Å². The van der Waals surface area contributed by atoms with Crippen molar-refractivity contribution >= 4 is 32.6 Å². The third-order valence-electron chi connectivity index (χ3n) is 3.93. The molecule has 0 atom stereocenters. The predicted octanol–water partition coefficient (Wildman–Crippen LogP) is 3.65. The van der Waals surface area contributed by atoms with Crippen LogP contribution in [0.4, 0.5) is 9.52 Å². The van der Waals surface area contributed by atoms with Crippen LogP contribution in [-0.4, -0.2) is 50.1 Å². The molecule has 3 aromatic rings. The normalized spacial score (nSPS) is 11.1. The first-order valence-electron chi connectivity index (χ1n) is 8.15. The Morgan fingerprint density at radius 2 is 1.96 bits per heavy atom. The average molecular weight is 373 g/mol. The average Bonchev–Trinajstić information content (AvgIpc) is 3.04. The van der Waals surface area contributed by atoms with Gasteiger partial charge in [-0.15, -0.1) is 0 Å². The Balaban J connectivity index is 2.00. The molecule has 0 radical (unpaired) electrons. The Bertz CT molecular complexity index is 926. The van der Waals surface area contributed by atoms with Crippen molar-refractivity contribution in [1.82, 2.24) is 9.88 Å². The maximum Gasteiger partial charge on any atom is 0.263 e. The summed E-state index contributed by atoms with van der Waals surface area (Å²) in [4.78, 5) is 21.1. The number of rotatable bonds is 6. The van der Waals surface area contributed by atoms with Gasteiger partial charge in [0.2, 0.25) is 0 Å². The number of nitrogens with zero attached hydrogens (tertiary/aromatic N) is 3. The van der Waals surface area contributed by atoms with Gasteiger partial charge in [-0.3, -0.25) is 9.69 Å². The van der Waals surface area contributed by atoms with Crippen molar-refractivity contribution in [3.8, 4) is 5.75 Å². The second-order valence-corrected chi connectivity index (χ2v) is 7.08. The molecular weight excluding hydrogens is 353 g/mol. The van der Waals surface area contributed by atoms with Crippen LogP contribution in [0.2, 0.25) is 0 Å². The first-order chi connectivity index (χ1) is 12.5. The number of methoxy groups -OCH3 is 1. The van der Waals surface area contributed by atoms with Crippen LogP contribution in [0.5, 0.6) is 5.75 Å². The lowest BCUT2D eigenvalue weighted by Crippen LogP contribution is -2.37. The van der Waals surface area contributed by atoms with Crippen molar-refractivity contribution in [2.45, 2.75) is 0 Å². The molecule has 136 valence electrons. The van der Waals surface area contributed by atoms with Crippen molar-refractivity contribution in [2.75, 3.05) is 39.2 Å². The van der Waals surface area contributed by atoms with Gasteiger partial charge >= 0.3 is 0 Å². The number of aromatic nitrogens is 1. The van der Waals surface area contributed by atoms with Crippen LogP contribution in [0.1, 0.15) is 10.4 Å². The predicted molar refractivity (Wildman–Crippen MR) is 103 cm³/mol. The number of amides is 1. The van der Waals surface area contributed by atoms with Gasteiger partial charge in [0.05, 0.1) is 22.9 Å². The van der Waals surface area contributed by atoms with Crippen molar-refractivity contribution in [2.24, 2.45) is 0 Å². The Morgan fingerprint density at radius 3 is 2.65 bits per heavy atom. The van der Waals surface area contributed by atoms with E-state index in [1.54, 1.807) is 19.2 Å². The minimum absolute atomic E-state index is 0.0445. The number of hydrogen-bond donors (Lipinski definition) is 0. The number of benzene rings is 2. The zero-order valence-electron chi connectivity index (χ0n) is 14.9. The van der Waals surface area contributed by atoms with Crippen molar-refractivity contribution in [3.63, 3.8) is 0 Å². The van der Waals surface area contributed by atoms with Gasteiger partial charge in [-0.2, -0.15) is 0 Å². The molecule has 1 aromatic heterocycles. The fourth-order valence-corrected chi connectivity index (χ4v) is 3.47. The minimum atomic E-state index is -0.532. The molecule has 0 aliphatic heterocycles. The Hall–Kier alpha value is -2.51. The van der Waals surface area contributed by atoms with E-state index < -0.39 is 11.7 Å². The van der Waals surface area contributed by atoms with E-state index >= 15 is 0 Å². The molecule has 0 aliphatic rings. The molecular formula is C19H20FN3O2S. The van der Waals surface area contributed by atoms with E-state index in [2.05, 4.69) is 4.98 Å². The third kappa shape index (κ3) is 3.84. The molecule has 5 nitrogen and oxygen atoms in total. The topological polar surface area (TPSA) is 45.7 Å². The summed E-state index contributed by atoms with van der Waals surface area (Å²) >= 11 is 1.40. The number of halogens is 1. The molecule has 0 bridgehead atoms. The highest BCUT2D eigenvalue weighted by Crippen LogP contribution is 2.32. The first-order valence-corrected chi connectivity index (χ1v) is 8.97. The Kier molecular flexibility index (Phi) is 5.49. The summed E-state index contributed by atoms with van der Waals surface area (Å²) < 4.78 is 20.3. The van der Waals surface area contributed by atoms with E-state index in [0.717, 1.165) is 10.2 Å². The standard InChI is InChI=1S/C19H20FN3O2S/c1-22(2)10-11-23(18(24)14-6-4-5-7-15(14)20)19-21-16-12-13(25-3)8-9-17(16)26-19/h4-9,12H,10-11H2,1-3H3. The molecule has 0 unspecified atom stereocenters. The second kappa shape index (κ2) is 7.80. The monoisotopic (exact) mass is 373 g/mol. The number of likely N-dealkylation sites (N-methyl/N-ethyl adjacent to an activating group) is 1.